The minimum absolute atomic E-state index is 0.0629. The van der Waals surface area contributed by atoms with Crippen molar-refractivity contribution in [3.05, 3.63) is 54.2 Å². The van der Waals surface area contributed by atoms with Crippen LogP contribution in [0, 0.1) is 5.92 Å². The van der Waals surface area contributed by atoms with Crippen molar-refractivity contribution in [1.29, 1.82) is 0 Å². The highest BCUT2D eigenvalue weighted by Gasteiger charge is 2.26. The van der Waals surface area contributed by atoms with Crippen molar-refractivity contribution in [2.75, 3.05) is 39.5 Å². The van der Waals surface area contributed by atoms with E-state index in [4.69, 9.17) is 0 Å². The zero-order chi connectivity index (χ0) is 19.7. The van der Waals surface area contributed by atoms with Gasteiger partial charge < -0.3 is 20.1 Å². The second-order valence-electron chi connectivity index (χ2n) is 8.13. The lowest BCUT2D eigenvalue weighted by molar-refractivity contribution is -0.119. The lowest BCUT2D eigenvalue weighted by Crippen LogP contribution is -2.25. The zero-order valence-electron chi connectivity index (χ0n) is 16.8. The van der Waals surface area contributed by atoms with E-state index >= 15 is 0 Å². The Hall–Kier alpha value is -2.63. The van der Waals surface area contributed by atoms with Crippen LogP contribution in [-0.4, -0.2) is 54.9 Å². The normalized spacial score (nSPS) is 17.5. The molecule has 0 saturated carbocycles. The van der Waals surface area contributed by atoms with Crippen LogP contribution >= 0.6 is 0 Å². The number of aromatic amines is 1. The number of nitrogens with one attached hydrogen (secondary N) is 2. The van der Waals surface area contributed by atoms with Crippen LogP contribution in [0.25, 0.3) is 22.0 Å². The van der Waals surface area contributed by atoms with Crippen LogP contribution in [0.3, 0.4) is 0 Å². The Morgan fingerprint density at radius 2 is 1.96 bits per heavy atom. The van der Waals surface area contributed by atoms with E-state index in [1.54, 1.807) is 0 Å². The van der Waals surface area contributed by atoms with Gasteiger partial charge in [0.15, 0.2) is 0 Å². The van der Waals surface area contributed by atoms with E-state index in [1.807, 2.05) is 12.3 Å². The Kier molecular flexibility index (Phi) is 5.20. The van der Waals surface area contributed by atoms with Crippen LogP contribution in [0.4, 0.5) is 5.69 Å². The maximum Gasteiger partial charge on any atom is 0.228 e. The lowest BCUT2D eigenvalue weighted by Gasteiger charge is -2.14. The van der Waals surface area contributed by atoms with E-state index in [9.17, 15) is 4.79 Å². The molecular weight excluding hydrogens is 348 g/mol. The van der Waals surface area contributed by atoms with Crippen molar-refractivity contribution in [3.8, 4) is 11.1 Å². The molecule has 0 bridgehead atoms. The van der Waals surface area contributed by atoms with E-state index in [1.165, 1.54) is 5.56 Å². The molecule has 5 heteroatoms. The number of aromatic nitrogens is 1. The van der Waals surface area contributed by atoms with E-state index < -0.39 is 0 Å². The molecule has 0 aliphatic carbocycles. The molecule has 2 N–H and O–H groups in total. The van der Waals surface area contributed by atoms with Crippen LogP contribution in [0.5, 0.6) is 0 Å². The first-order valence-corrected chi connectivity index (χ1v) is 9.84. The highest BCUT2D eigenvalue weighted by molar-refractivity contribution is 6.04. The van der Waals surface area contributed by atoms with Crippen LogP contribution in [0.2, 0.25) is 0 Å². The third-order valence-corrected chi connectivity index (χ3v) is 5.47. The summed E-state index contributed by atoms with van der Waals surface area (Å²) in [5.74, 6) is 0.179. The summed E-state index contributed by atoms with van der Waals surface area (Å²) in [6, 6.07) is 14.9. The fourth-order valence-electron chi connectivity index (χ4n) is 3.99. The molecule has 1 amide bonds. The molecule has 3 aromatic rings. The van der Waals surface area contributed by atoms with Gasteiger partial charge in [-0.15, -0.1) is 0 Å². The Balaban J connectivity index is 1.62. The summed E-state index contributed by atoms with van der Waals surface area (Å²) in [5.41, 5.74) is 5.45. The van der Waals surface area contributed by atoms with Gasteiger partial charge in [0.1, 0.15) is 0 Å². The first-order valence-electron chi connectivity index (χ1n) is 9.84. The molecule has 0 spiro atoms. The number of rotatable bonds is 5. The maximum absolute atomic E-state index is 12.8. The average Bonchev–Trinajstić information content (AvgIpc) is 3.30. The number of hydrogen-bond donors (Lipinski definition) is 2. The number of hydrogen-bond acceptors (Lipinski definition) is 3. The Morgan fingerprint density at radius 3 is 2.64 bits per heavy atom. The summed E-state index contributed by atoms with van der Waals surface area (Å²) in [7, 11) is 6.21. The molecule has 5 nitrogen and oxygen atoms in total. The van der Waals surface area contributed by atoms with Crippen molar-refractivity contribution >= 4 is 22.5 Å². The van der Waals surface area contributed by atoms with Gasteiger partial charge in [-0.3, -0.25) is 4.79 Å². The molecule has 1 aliphatic rings. The van der Waals surface area contributed by atoms with Crippen molar-refractivity contribution in [2.45, 2.75) is 13.0 Å². The van der Waals surface area contributed by atoms with Gasteiger partial charge in [-0.25, -0.2) is 0 Å². The molecule has 1 aliphatic heterocycles. The molecule has 2 aromatic carbocycles. The first kappa shape index (κ1) is 18.7. The summed E-state index contributed by atoms with van der Waals surface area (Å²) in [4.78, 5) is 20.4. The fraction of sp³-hybridized carbons (Fsp3) is 0.348. The minimum atomic E-state index is 0.0629. The predicted molar refractivity (Wildman–Crippen MR) is 115 cm³/mol. The number of anilines is 1. The van der Waals surface area contributed by atoms with Gasteiger partial charge in [0.2, 0.25) is 5.91 Å². The highest BCUT2D eigenvalue weighted by atomic mass is 16.1. The summed E-state index contributed by atoms with van der Waals surface area (Å²) < 4.78 is 0. The SMILES string of the molecule is CN(C)Cc1ccc(-c2cc(NC(=O)C3CCN(C)C3)c3cc[nH]c3c2)cc1. The van der Waals surface area contributed by atoms with Gasteiger partial charge in [-0.2, -0.15) is 0 Å². The highest BCUT2D eigenvalue weighted by Crippen LogP contribution is 2.31. The maximum atomic E-state index is 12.8. The van der Waals surface area contributed by atoms with Crippen LogP contribution in [0.1, 0.15) is 12.0 Å². The summed E-state index contributed by atoms with van der Waals surface area (Å²) >= 11 is 0. The Labute approximate surface area is 166 Å². The van der Waals surface area contributed by atoms with E-state index in [0.29, 0.717) is 0 Å². The van der Waals surface area contributed by atoms with E-state index in [-0.39, 0.29) is 11.8 Å². The third kappa shape index (κ3) is 3.96. The van der Waals surface area contributed by atoms with Crippen molar-refractivity contribution in [1.82, 2.24) is 14.8 Å². The van der Waals surface area contributed by atoms with Crippen LogP contribution in [-0.2, 0) is 11.3 Å². The molecule has 1 saturated heterocycles. The van der Waals surface area contributed by atoms with Crippen molar-refractivity contribution in [2.24, 2.45) is 5.92 Å². The molecule has 0 radical (unpaired) electrons. The Bertz CT molecular complexity index is 974. The molecule has 1 fully saturated rings. The number of nitrogens with zero attached hydrogens (tertiary/aromatic N) is 2. The monoisotopic (exact) mass is 376 g/mol. The van der Waals surface area contributed by atoms with Gasteiger partial charge >= 0.3 is 0 Å². The number of benzene rings is 2. The van der Waals surface area contributed by atoms with Gasteiger partial charge in [-0.05, 0) is 69.0 Å². The standard InChI is InChI=1S/C23H28N4O/c1-26(2)14-16-4-6-17(7-5-16)19-12-21-20(8-10-24-21)22(13-19)25-23(28)18-9-11-27(3)15-18/h4-8,10,12-13,18,24H,9,11,14-15H2,1-3H3,(H,25,28). The molecule has 146 valence electrons. The minimum Gasteiger partial charge on any atom is -0.361 e. The van der Waals surface area contributed by atoms with Gasteiger partial charge in [0.05, 0.1) is 11.6 Å². The molecule has 1 aromatic heterocycles. The van der Waals surface area contributed by atoms with Crippen LogP contribution in [0.15, 0.2) is 48.7 Å². The van der Waals surface area contributed by atoms with Gasteiger partial charge in [-0.1, -0.05) is 24.3 Å². The fourth-order valence-corrected chi connectivity index (χ4v) is 3.99. The van der Waals surface area contributed by atoms with E-state index in [2.05, 4.69) is 77.6 Å². The molecule has 1 atom stereocenters. The predicted octanol–water partition coefficient (Wildman–Crippen LogP) is 3.79. The van der Waals surface area contributed by atoms with Gasteiger partial charge in [0, 0.05) is 30.2 Å². The second kappa shape index (κ2) is 7.78. The van der Waals surface area contributed by atoms with Gasteiger partial charge in [0.25, 0.3) is 0 Å². The smallest absolute Gasteiger partial charge is 0.228 e. The first-order chi connectivity index (χ1) is 13.5. The number of H-pyrrole nitrogens is 1. The van der Waals surface area contributed by atoms with Crippen molar-refractivity contribution < 1.29 is 4.79 Å². The Morgan fingerprint density at radius 1 is 1.18 bits per heavy atom. The molecule has 2 heterocycles. The lowest BCUT2D eigenvalue weighted by atomic mass is 10.0. The van der Waals surface area contributed by atoms with Crippen molar-refractivity contribution in [3.63, 3.8) is 0 Å². The number of likely N-dealkylation sites (tertiary alicyclic amines) is 1. The molecule has 28 heavy (non-hydrogen) atoms. The molecule has 4 rings (SSSR count). The molecular formula is C23H28N4O. The summed E-state index contributed by atoms with van der Waals surface area (Å²) in [5, 5.41) is 4.24. The summed E-state index contributed by atoms with van der Waals surface area (Å²) in [6.45, 7) is 2.74. The molecule has 1 unspecified atom stereocenters. The second-order valence-corrected chi connectivity index (χ2v) is 8.13. The average molecular weight is 377 g/mol. The quantitative estimate of drug-likeness (QED) is 0.712. The third-order valence-electron chi connectivity index (χ3n) is 5.47. The van der Waals surface area contributed by atoms with E-state index in [0.717, 1.165) is 53.8 Å². The zero-order valence-corrected chi connectivity index (χ0v) is 16.8. The largest absolute Gasteiger partial charge is 0.361 e. The number of fused-ring (bicyclic) bond motifs is 1. The summed E-state index contributed by atoms with van der Waals surface area (Å²) in [6.07, 6.45) is 2.85. The van der Waals surface area contributed by atoms with Crippen LogP contribution < -0.4 is 5.32 Å². The number of carbonyl (C=O) groups excluding carboxylic acids is 1. The topological polar surface area (TPSA) is 51.4 Å². The number of carbonyl (C=O) groups is 1. The number of amides is 1.